The Labute approximate surface area is 218 Å². The van der Waals surface area contributed by atoms with Crippen LogP contribution in [0.4, 0.5) is 0 Å². The van der Waals surface area contributed by atoms with E-state index >= 15 is 0 Å². The van der Waals surface area contributed by atoms with Crippen LogP contribution in [0.15, 0.2) is 0 Å². The van der Waals surface area contributed by atoms with Crippen molar-refractivity contribution < 1.29 is 51.4 Å². The molecule has 0 bridgehead atoms. The molecule has 0 amide bonds. The van der Waals surface area contributed by atoms with Crippen LogP contribution in [-0.2, 0) is 0 Å². The summed E-state index contributed by atoms with van der Waals surface area (Å²) in [7, 11) is 0. The zero-order chi connectivity index (χ0) is 19.1. The van der Waals surface area contributed by atoms with Crippen molar-refractivity contribution >= 4 is 17.3 Å². The van der Waals surface area contributed by atoms with Crippen LogP contribution in [0.1, 0.15) is 123 Å². The smallest absolute Gasteiger partial charge is 0.314 e. The van der Waals surface area contributed by atoms with Crippen LogP contribution >= 0.6 is 11.8 Å². The molecule has 1 unspecified atom stereocenters. The van der Waals surface area contributed by atoms with E-state index < -0.39 is 0 Å². The van der Waals surface area contributed by atoms with Crippen LogP contribution < -0.4 is 56.7 Å². The molecule has 1 aliphatic rings. The average molecular weight is 424 g/mol. The van der Waals surface area contributed by atoms with Crippen LogP contribution in [0.25, 0.3) is 0 Å². The maximum Gasteiger partial charge on any atom is 1.00 e. The van der Waals surface area contributed by atoms with Gasteiger partial charge in [0.2, 0.25) is 0 Å². The molecule has 2 N–H and O–H groups in total. The molecule has 1 fully saturated rings. The molecule has 156 valence electrons. The van der Waals surface area contributed by atoms with E-state index in [9.17, 15) is 0 Å². The standard InChI is InChI=1S/C16H33N.C7H15NS.K/c1-2-3-4-5-6-7-8-9-10-11-12-13-16-14-15-17-16;1-2-3-4-5-6-9-7-8;/h16-17H,2-15H2,1H3;7-8H,2-6H2,1H3;/q;;+1. The topological polar surface area (TPSA) is 35.9 Å². The van der Waals surface area contributed by atoms with E-state index in [0.29, 0.717) is 0 Å². The van der Waals surface area contributed by atoms with E-state index in [4.69, 9.17) is 5.41 Å². The van der Waals surface area contributed by atoms with Gasteiger partial charge in [-0.2, -0.15) is 0 Å². The van der Waals surface area contributed by atoms with Crippen molar-refractivity contribution in [2.24, 2.45) is 0 Å². The van der Waals surface area contributed by atoms with E-state index in [2.05, 4.69) is 19.2 Å². The SMILES string of the molecule is CCCCCCCCCCCCCC1CCN1.CCCCCCSC=N.[K+]. The van der Waals surface area contributed by atoms with Crippen molar-refractivity contribution in [2.45, 2.75) is 129 Å². The van der Waals surface area contributed by atoms with Gasteiger partial charge in [0.15, 0.2) is 0 Å². The number of rotatable bonds is 18. The van der Waals surface area contributed by atoms with Crippen molar-refractivity contribution in [3.8, 4) is 0 Å². The minimum absolute atomic E-state index is 0. The van der Waals surface area contributed by atoms with Gasteiger partial charge in [-0.25, -0.2) is 0 Å². The zero-order valence-corrected chi connectivity index (χ0v) is 22.9. The molecule has 0 radical (unpaired) electrons. The summed E-state index contributed by atoms with van der Waals surface area (Å²) < 4.78 is 0. The van der Waals surface area contributed by atoms with Gasteiger partial charge in [-0.3, -0.25) is 0 Å². The van der Waals surface area contributed by atoms with Crippen LogP contribution in [0.3, 0.4) is 0 Å². The molecule has 2 nitrogen and oxygen atoms in total. The van der Waals surface area contributed by atoms with Crippen molar-refractivity contribution in [1.82, 2.24) is 5.32 Å². The predicted molar refractivity (Wildman–Crippen MR) is 123 cm³/mol. The van der Waals surface area contributed by atoms with Crippen LogP contribution in [-0.4, -0.2) is 23.9 Å². The molecule has 0 aromatic carbocycles. The quantitative estimate of drug-likeness (QED) is 0.141. The third-order valence-corrected chi connectivity index (χ3v) is 5.97. The fourth-order valence-corrected chi connectivity index (χ4v) is 3.81. The Morgan fingerprint density at radius 1 is 0.778 bits per heavy atom. The molecule has 0 saturated carbocycles. The van der Waals surface area contributed by atoms with Crippen molar-refractivity contribution in [3.63, 3.8) is 0 Å². The Bertz CT molecular complexity index is 273. The number of nitrogens with one attached hydrogen (secondary N) is 2. The molecular weight excluding hydrogens is 375 g/mol. The Kier molecular flexibility index (Phi) is 31.5. The first-order valence-electron chi connectivity index (χ1n) is 11.7. The number of hydrogen-bond acceptors (Lipinski definition) is 3. The molecule has 0 aromatic heterocycles. The second-order valence-electron chi connectivity index (χ2n) is 7.81. The summed E-state index contributed by atoms with van der Waals surface area (Å²) in [5.74, 6) is 1.13. The van der Waals surface area contributed by atoms with Gasteiger partial charge < -0.3 is 10.7 Å². The Balaban J connectivity index is 0. The average Bonchev–Trinajstić information content (AvgIpc) is 2.62. The Morgan fingerprint density at radius 2 is 1.22 bits per heavy atom. The molecule has 0 spiro atoms. The molecule has 1 atom stereocenters. The van der Waals surface area contributed by atoms with Crippen molar-refractivity contribution in [2.75, 3.05) is 12.3 Å². The van der Waals surface area contributed by atoms with Crippen molar-refractivity contribution in [3.05, 3.63) is 0 Å². The van der Waals surface area contributed by atoms with Crippen LogP contribution in [0.5, 0.6) is 0 Å². The van der Waals surface area contributed by atoms with Gasteiger partial charge in [0.1, 0.15) is 0 Å². The first-order chi connectivity index (χ1) is 12.8. The number of unbranched alkanes of at least 4 members (excludes halogenated alkanes) is 13. The van der Waals surface area contributed by atoms with Gasteiger partial charge in [0.05, 0.1) is 5.55 Å². The molecular formula is C23H48KN2S+. The van der Waals surface area contributed by atoms with Gasteiger partial charge >= 0.3 is 51.4 Å². The van der Waals surface area contributed by atoms with E-state index in [1.165, 1.54) is 121 Å². The Hall–Kier alpha value is 1.62. The Morgan fingerprint density at radius 3 is 1.63 bits per heavy atom. The summed E-state index contributed by atoms with van der Waals surface area (Å²) in [6, 6.07) is 0.883. The van der Waals surface area contributed by atoms with Crippen LogP contribution in [0, 0.1) is 5.41 Å². The minimum atomic E-state index is 0. The number of hydrogen-bond donors (Lipinski definition) is 2. The first-order valence-corrected chi connectivity index (χ1v) is 12.7. The second-order valence-corrected chi connectivity index (χ2v) is 8.79. The molecule has 4 heteroatoms. The number of thioether (sulfide) groups is 1. The van der Waals surface area contributed by atoms with Crippen molar-refractivity contribution in [1.29, 1.82) is 5.41 Å². The summed E-state index contributed by atoms with van der Waals surface area (Å²) in [4.78, 5) is 0. The van der Waals surface area contributed by atoms with Gasteiger partial charge in [-0.1, -0.05) is 104 Å². The van der Waals surface area contributed by atoms with Gasteiger partial charge in [0.25, 0.3) is 0 Å². The van der Waals surface area contributed by atoms with Gasteiger partial charge in [-0.05, 0) is 31.6 Å². The third kappa shape index (κ3) is 25.6. The molecule has 1 saturated heterocycles. The zero-order valence-electron chi connectivity index (χ0n) is 19.0. The fraction of sp³-hybridized carbons (Fsp3) is 0.957. The fourth-order valence-electron chi connectivity index (χ4n) is 3.32. The maximum atomic E-state index is 6.72. The van der Waals surface area contributed by atoms with E-state index in [0.717, 1.165) is 11.8 Å². The summed E-state index contributed by atoms with van der Waals surface area (Å²) in [6.07, 6.45) is 24.2. The van der Waals surface area contributed by atoms with E-state index in [1.807, 2.05) is 0 Å². The second kappa shape index (κ2) is 27.6. The molecule has 1 aliphatic heterocycles. The molecule has 1 rings (SSSR count). The molecule has 0 aliphatic carbocycles. The van der Waals surface area contributed by atoms with Gasteiger partial charge in [0, 0.05) is 6.04 Å². The monoisotopic (exact) mass is 423 g/mol. The summed E-state index contributed by atoms with van der Waals surface area (Å²) in [5.41, 5.74) is 1.42. The minimum Gasteiger partial charge on any atom is -0.314 e. The van der Waals surface area contributed by atoms with E-state index in [1.54, 1.807) is 11.8 Å². The largest absolute Gasteiger partial charge is 1.00 e. The molecule has 27 heavy (non-hydrogen) atoms. The first kappa shape index (κ1) is 30.8. The van der Waals surface area contributed by atoms with Crippen LogP contribution in [0.2, 0.25) is 0 Å². The predicted octanol–water partition coefficient (Wildman–Crippen LogP) is 4.96. The third-order valence-electron chi connectivity index (χ3n) is 5.28. The molecule has 0 aromatic rings. The van der Waals surface area contributed by atoms with E-state index in [-0.39, 0.29) is 51.4 Å². The maximum absolute atomic E-state index is 6.72. The normalized spacial score (nSPS) is 15.3. The summed E-state index contributed by atoms with van der Waals surface area (Å²) in [6.45, 7) is 5.77. The molecule has 1 heterocycles. The summed E-state index contributed by atoms with van der Waals surface area (Å²) in [5, 5.41) is 10.2. The van der Waals surface area contributed by atoms with Gasteiger partial charge in [-0.15, -0.1) is 11.8 Å². The summed E-state index contributed by atoms with van der Waals surface area (Å²) >= 11 is 1.60.